The van der Waals surface area contributed by atoms with Gasteiger partial charge in [-0.05, 0) is 61.7 Å². The van der Waals surface area contributed by atoms with Gasteiger partial charge in [-0.25, -0.2) is 8.42 Å². The smallest absolute Gasteiger partial charge is 0.244 e. The van der Waals surface area contributed by atoms with Gasteiger partial charge in [0.2, 0.25) is 15.9 Å². The molecule has 0 saturated carbocycles. The zero-order valence-electron chi connectivity index (χ0n) is 18.4. The molecule has 1 atom stereocenters. The van der Waals surface area contributed by atoms with Crippen LogP contribution >= 0.6 is 23.2 Å². The number of halogens is 2. The number of anilines is 1. The van der Waals surface area contributed by atoms with Crippen LogP contribution in [0.2, 0.25) is 10.0 Å². The number of hydrogen-bond acceptors (Lipinski definition) is 4. The molecule has 1 N–H and O–H groups in total. The van der Waals surface area contributed by atoms with Crippen molar-refractivity contribution in [1.82, 2.24) is 10.2 Å². The van der Waals surface area contributed by atoms with Crippen LogP contribution in [0.1, 0.15) is 37.3 Å². The van der Waals surface area contributed by atoms with Gasteiger partial charge in [-0.2, -0.15) is 0 Å². The normalized spacial score (nSPS) is 15.5. The third kappa shape index (κ3) is 6.38. The van der Waals surface area contributed by atoms with E-state index in [1.54, 1.807) is 13.0 Å². The molecule has 0 aliphatic carbocycles. The van der Waals surface area contributed by atoms with Gasteiger partial charge in [0.15, 0.2) is 0 Å². The van der Waals surface area contributed by atoms with E-state index in [1.165, 1.54) is 30.5 Å². The van der Waals surface area contributed by atoms with E-state index in [4.69, 9.17) is 23.2 Å². The Hall–Kier alpha value is -1.80. The van der Waals surface area contributed by atoms with Crippen LogP contribution in [0.25, 0.3) is 0 Å². The van der Waals surface area contributed by atoms with Crippen molar-refractivity contribution in [3.8, 4) is 0 Å². The van der Waals surface area contributed by atoms with Crippen LogP contribution < -0.4 is 9.62 Å². The first kappa shape index (κ1) is 24.8. The Morgan fingerprint density at radius 3 is 2.25 bits per heavy atom. The molecule has 1 saturated heterocycles. The van der Waals surface area contributed by atoms with Crippen molar-refractivity contribution in [3.63, 3.8) is 0 Å². The fourth-order valence-electron chi connectivity index (χ4n) is 3.95. The fraction of sp³-hybridized carbons (Fsp3) is 0.435. The molecule has 174 valence electrons. The number of rotatable bonds is 9. The molecule has 1 heterocycles. The largest absolute Gasteiger partial charge is 0.350 e. The van der Waals surface area contributed by atoms with E-state index in [0.29, 0.717) is 23.7 Å². The molecule has 1 amide bonds. The standard InChI is InChI=1S/C23H29Cl2N3O3S/c1-3-22(28(32(2,30)31)19-10-11-20(24)21(25)14-19)23(29)26-15-17-6-8-18(9-7-17)16-27-12-4-5-13-27/h6-11,14,22H,3-5,12-13,15-16H2,1-2H3,(H,26,29)/t22-/m0/s1. The lowest BCUT2D eigenvalue weighted by atomic mass is 10.1. The maximum Gasteiger partial charge on any atom is 0.244 e. The lowest BCUT2D eigenvalue weighted by molar-refractivity contribution is -0.122. The van der Waals surface area contributed by atoms with Crippen molar-refractivity contribution in [2.24, 2.45) is 0 Å². The summed E-state index contributed by atoms with van der Waals surface area (Å²) in [5, 5.41) is 3.41. The topological polar surface area (TPSA) is 69.7 Å². The van der Waals surface area contributed by atoms with Crippen molar-refractivity contribution < 1.29 is 13.2 Å². The maximum absolute atomic E-state index is 13.0. The third-order valence-electron chi connectivity index (χ3n) is 5.58. The summed E-state index contributed by atoms with van der Waals surface area (Å²) in [6, 6.07) is 11.8. The van der Waals surface area contributed by atoms with Gasteiger partial charge in [-0.3, -0.25) is 14.0 Å². The van der Waals surface area contributed by atoms with Gasteiger partial charge in [0.25, 0.3) is 0 Å². The minimum atomic E-state index is -3.74. The first-order valence-corrected chi connectivity index (χ1v) is 13.3. The van der Waals surface area contributed by atoms with Crippen LogP contribution in [0, 0.1) is 0 Å². The average Bonchev–Trinajstić information content (AvgIpc) is 3.25. The Labute approximate surface area is 200 Å². The second kappa shape index (κ2) is 10.9. The highest BCUT2D eigenvalue weighted by atomic mass is 35.5. The molecule has 0 spiro atoms. The Morgan fingerprint density at radius 2 is 1.69 bits per heavy atom. The molecule has 6 nitrogen and oxygen atoms in total. The molecular formula is C23H29Cl2N3O3S. The summed E-state index contributed by atoms with van der Waals surface area (Å²) in [4.78, 5) is 15.4. The van der Waals surface area contributed by atoms with Crippen LogP contribution in [0.3, 0.4) is 0 Å². The number of carbonyl (C=O) groups excluding carboxylic acids is 1. The quantitative estimate of drug-likeness (QED) is 0.555. The Bertz CT molecular complexity index is 1040. The Balaban J connectivity index is 1.68. The van der Waals surface area contributed by atoms with E-state index in [-0.39, 0.29) is 10.9 Å². The summed E-state index contributed by atoms with van der Waals surface area (Å²) in [5.41, 5.74) is 2.50. The van der Waals surface area contributed by atoms with Gasteiger partial charge in [0.1, 0.15) is 6.04 Å². The fourth-order valence-corrected chi connectivity index (χ4v) is 5.45. The lowest BCUT2D eigenvalue weighted by Gasteiger charge is -2.30. The monoisotopic (exact) mass is 497 g/mol. The van der Waals surface area contributed by atoms with Crippen LogP contribution in [0.15, 0.2) is 42.5 Å². The van der Waals surface area contributed by atoms with Crippen LogP contribution in [0.5, 0.6) is 0 Å². The molecule has 0 radical (unpaired) electrons. The Kier molecular flexibility index (Phi) is 8.44. The second-order valence-electron chi connectivity index (χ2n) is 8.10. The van der Waals surface area contributed by atoms with Crippen LogP contribution in [-0.4, -0.2) is 44.6 Å². The minimum absolute atomic E-state index is 0.224. The number of sulfonamides is 1. The summed E-state index contributed by atoms with van der Waals surface area (Å²) < 4.78 is 26.2. The third-order valence-corrected chi connectivity index (χ3v) is 7.50. The molecular weight excluding hydrogens is 469 g/mol. The number of hydrogen-bond donors (Lipinski definition) is 1. The van der Waals surface area contributed by atoms with Gasteiger partial charge < -0.3 is 5.32 Å². The summed E-state index contributed by atoms with van der Waals surface area (Å²) in [5.74, 6) is -0.370. The van der Waals surface area contributed by atoms with Crippen molar-refractivity contribution in [2.75, 3.05) is 23.7 Å². The summed E-state index contributed by atoms with van der Waals surface area (Å²) in [6.45, 7) is 5.32. The lowest BCUT2D eigenvalue weighted by Crippen LogP contribution is -2.49. The van der Waals surface area contributed by atoms with Crippen LogP contribution in [0.4, 0.5) is 5.69 Å². The number of carbonyl (C=O) groups is 1. The summed E-state index contributed by atoms with van der Waals surface area (Å²) in [7, 11) is -3.74. The zero-order valence-corrected chi connectivity index (χ0v) is 20.7. The van der Waals surface area contributed by atoms with Gasteiger partial charge >= 0.3 is 0 Å². The Morgan fingerprint density at radius 1 is 1.06 bits per heavy atom. The van der Waals surface area contributed by atoms with Gasteiger partial charge in [0, 0.05) is 13.1 Å². The van der Waals surface area contributed by atoms with Crippen LogP contribution in [-0.2, 0) is 27.9 Å². The highest BCUT2D eigenvalue weighted by Crippen LogP contribution is 2.30. The summed E-state index contributed by atoms with van der Waals surface area (Å²) in [6.07, 6.45) is 3.89. The molecule has 9 heteroatoms. The molecule has 3 rings (SSSR count). The molecule has 32 heavy (non-hydrogen) atoms. The van der Waals surface area contributed by atoms with Gasteiger partial charge in [-0.15, -0.1) is 0 Å². The van der Waals surface area contributed by atoms with Gasteiger partial charge in [-0.1, -0.05) is 54.4 Å². The predicted molar refractivity (Wildman–Crippen MR) is 131 cm³/mol. The number of likely N-dealkylation sites (tertiary alicyclic amines) is 1. The highest BCUT2D eigenvalue weighted by molar-refractivity contribution is 7.92. The summed E-state index contributed by atoms with van der Waals surface area (Å²) >= 11 is 12.1. The minimum Gasteiger partial charge on any atom is -0.350 e. The van der Waals surface area contributed by atoms with E-state index >= 15 is 0 Å². The number of nitrogens with one attached hydrogen (secondary N) is 1. The number of amides is 1. The van der Waals surface area contributed by atoms with E-state index in [9.17, 15) is 13.2 Å². The SMILES string of the molecule is CC[C@@H](C(=O)NCc1ccc(CN2CCCC2)cc1)N(c1ccc(Cl)c(Cl)c1)S(C)(=O)=O. The first-order chi connectivity index (χ1) is 15.2. The maximum atomic E-state index is 13.0. The molecule has 1 fully saturated rings. The molecule has 0 unspecified atom stereocenters. The van der Waals surface area contributed by atoms with Crippen molar-refractivity contribution in [3.05, 3.63) is 63.6 Å². The van der Waals surface area contributed by atoms with E-state index < -0.39 is 16.1 Å². The van der Waals surface area contributed by atoms with E-state index in [1.807, 2.05) is 12.1 Å². The average molecular weight is 498 g/mol. The predicted octanol–water partition coefficient (Wildman–Crippen LogP) is 4.45. The molecule has 0 aromatic heterocycles. The molecule has 1 aliphatic rings. The second-order valence-corrected chi connectivity index (χ2v) is 10.8. The van der Waals surface area contributed by atoms with Crippen molar-refractivity contribution >= 4 is 44.8 Å². The number of nitrogens with zero attached hydrogens (tertiary/aromatic N) is 2. The van der Waals surface area contributed by atoms with Gasteiger partial charge in [0.05, 0.1) is 22.0 Å². The molecule has 0 bridgehead atoms. The van der Waals surface area contributed by atoms with E-state index in [0.717, 1.165) is 35.8 Å². The first-order valence-electron chi connectivity index (χ1n) is 10.7. The van der Waals surface area contributed by atoms with Crippen molar-refractivity contribution in [2.45, 2.75) is 45.3 Å². The molecule has 2 aromatic rings. The highest BCUT2D eigenvalue weighted by Gasteiger charge is 2.31. The van der Waals surface area contributed by atoms with Crippen molar-refractivity contribution in [1.29, 1.82) is 0 Å². The zero-order chi connectivity index (χ0) is 23.3. The van der Waals surface area contributed by atoms with E-state index in [2.05, 4.69) is 22.3 Å². The number of benzene rings is 2. The molecule has 2 aromatic carbocycles. The molecule has 1 aliphatic heterocycles.